The van der Waals surface area contributed by atoms with Crippen LogP contribution < -0.4 is 11.1 Å². The van der Waals surface area contributed by atoms with Crippen molar-refractivity contribution in [3.05, 3.63) is 106 Å². The van der Waals surface area contributed by atoms with Gasteiger partial charge in [-0.2, -0.15) is 18.3 Å². The second-order valence-electron chi connectivity index (χ2n) is 10.5. The van der Waals surface area contributed by atoms with Crippen molar-refractivity contribution in [3.8, 4) is 11.1 Å². The Morgan fingerprint density at radius 1 is 1.14 bits per heavy atom. The predicted octanol–water partition coefficient (Wildman–Crippen LogP) is 4.62. The summed E-state index contributed by atoms with van der Waals surface area (Å²) in [4.78, 5) is 17.8. The number of amidine groups is 1. The maximum atomic E-state index is 14.3. The molecule has 0 spiro atoms. The molecule has 1 aliphatic rings. The van der Waals surface area contributed by atoms with Crippen LogP contribution in [0.1, 0.15) is 46.2 Å². The van der Waals surface area contributed by atoms with Crippen LogP contribution >= 0.6 is 0 Å². The van der Waals surface area contributed by atoms with Gasteiger partial charge in [-0.25, -0.2) is 13.2 Å². The van der Waals surface area contributed by atoms with E-state index < -0.39 is 59.8 Å². The van der Waals surface area contributed by atoms with Gasteiger partial charge in [-0.05, 0) is 60.7 Å². The summed E-state index contributed by atoms with van der Waals surface area (Å²) in [6.45, 7) is -0.615. The number of benzene rings is 2. The quantitative estimate of drug-likeness (QED) is 0.131. The van der Waals surface area contributed by atoms with Crippen LogP contribution in [0.5, 0.6) is 0 Å². The number of nitrogen functional groups attached to an aromatic ring is 1. The van der Waals surface area contributed by atoms with Gasteiger partial charge in [-0.3, -0.25) is 19.9 Å². The third-order valence-electron chi connectivity index (χ3n) is 7.32. The number of rotatable bonds is 8. The fourth-order valence-electron chi connectivity index (χ4n) is 5.42. The third-order valence-corrected chi connectivity index (χ3v) is 7.32. The van der Waals surface area contributed by atoms with Gasteiger partial charge in [0, 0.05) is 35.5 Å². The Morgan fingerprint density at radius 3 is 2.55 bits per heavy atom. The predicted molar refractivity (Wildman–Crippen MR) is 147 cm³/mol. The standard InChI is InChI=1S/C30H26F6N6O2/c31-17-8-15(9-18(32)12-17)10-24(27-20(2-1-7-39-27)16-3-5-23(33)21(11-16)29(37)38)40-26(44)14-42-25-6-4-19(43)13-22(25)28(41-42)30(34,35)36/h1-3,5,7-9,11-12,19,24,43H,4,6,10,13-14H2,(H3,37,38)(H,40,44)/t19?,24-/m0/s1. The SMILES string of the molecule is N=C(N)c1cc(-c2cccnc2[C@H](Cc2cc(F)cc(F)c2)NC(=O)Cn2nc(C(F)(F)F)c3c2CCC(O)C3)ccc1F. The fourth-order valence-corrected chi connectivity index (χ4v) is 5.42. The Bertz CT molecular complexity index is 1720. The van der Waals surface area contributed by atoms with E-state index in [0.29, 0.717) is 17.2 Å². The summed E-state index contributed by atoms with van der Waals surface area (Å²) >= 11 is 0. The van der Waals surface area contributed by atoms with Crippen LogP contribution in [0.15, 0.2) is 54.7 Å². The summed E-state index contributed by atoms with van der Waals surface area (Å²) in [6.07, 6.45) is -4.52. The number of aliphatic hydroxyl groups excluding tert-OH is 1. The van der Waals surface area contributed by atoms with E-state index in [0.717, 1.165) is 22.9 Å². The molecule has 1 aliphatic carbocycles. The molecule has 8 nitrogen and oxygen atoms in total. The summed E-state index contributed by atoms with van der Waals surface area (Å²) < 4.78 is 84.6. The lowest BCUT2D eigenvalue weighted by molar-refractivity contribution is -0.142. The van der Waals surface area contributed by atoms with Crippen molar-refractivity contribution < 1.29 is 36.2 Å². The molecule has 5 rings (SSSR count). The second kappa shape index (κ2) is 12.1. The Morgan fingerprint density at radius 2 is 1.86 bits per heavy atom. The number of carbonyl (C=O) groups excluding carboxylic acids is 1. The highest BCUT2D eigenvalue weighted by atomic mass is 19.4. The zero-order valence-electron chi connectivity index (χ0n) is 22.9. The van der Waals surface area contributed by atoms with E-state index in [4.69, 9.17) is 11.1 Å². The second-order valence-corrected chi connectivity index (χ2v) is 10.5. The van der Waals surface area contributed by atoms with Gasteiger partial charge in [-0.15, -0.1) is 0 Å². The minimum absolute atomic E-state index is 0.0757. The minimum Gasteiger partial charge on any atom is -0.393 e. The van der Waals surface area contributed by atoms with Crippen LogP contribution in [-0.4, -0.2) is 37.7 Å². The van der Waals surface area contributed by atoms with E-state index in [-0.39, 0.29) is 53.8 Å². The first kappa shape index (κ1) is 30.7. The number of nitrogens with two attached hydrogens (primary N) is 1. The van der Waals surface area contributed by atoms with Crippen LogP contribution in [0.2, 0.25) is 0 Å². The maximum absolute atomic E-state index is 14.3. The molecule has 0 aliphatic heterocycles. The lowest BCUT2D eigenvalue weighted by Crippen LogP contribution is -2.34. The molecule has 2 aromatic carbocycles. The summed E-state index contributed by atoms with van der Waals surface area (Å²) in [5.74, 6) is -3.75. The Labute approximate surface area is 247 Å². The van der Waals surface area contributed by atoms with Crippen molar-refractivity contribution in [2.24, 2.45) is 5.73 Å². The highest BCUT2D eigenvalue weighted by molar-refractivity contribution is 5.96. The first-order valence-corrected chi connectivity index (χ1v) is 13.5. The number of nitrogens with one attached hydrogen (secondary N) is 2. The van der Waals surface area contributed by atoms with E-state index in [2.05, 4.69) is 15.4 Å². The van der Waals surface area contributed by atoms with E-state index in [1.807, 2.05) is 0 Å². The number of pyridine rings is 1. The fraction of sp³-hybridized carbons (Fsp3) is 0.267. The van der Waals surface area contributed by atoms with Crippen molar-refractivity contribution in [2.45, 2.75) is 50.6 Å². The smallest absolute Gasteiger partial charge is 0.393 e. The topological polar surface area (TPSA) is 130 Å². The molecule has 0 bridgehead atoms. The van der Waals surface area contributed by atoms with Crippen molar-refractivity contribution in [1.29, 1.82) is 5.41 Å². The van der Waals surface area contributed by atoms with Crippen LogP contribution in [0.4, 0.5) is 26.3 Å². The number of fused-ring (bicyclic) bond motifs is 1. The first-order chi connectivity index (χ1) is 20.8. The number of aliphatic hydroxyl groups is 1. The monoisotopic (exact) mass is 616 g/mol. The molecule has 0 saturated carbocycles. The van der Waals surface area contributed by atoms with Gasteiger partial charge in [0.2, 0.25) is 5.91 Å². The molecular formula is C30H26F6N6O2. The number of carbonyl (C=O) groups is 1. The maximum Gasteiger partial charge on any atom is 0.435 e. The van der Waals surface area contributed by atoms with Gasteiger partial charge in [0.25, 0.3) is 0 Å². The molecule has 44 heavy (non-hydrogen) atoms. The van der Waals surface area contributed by atoms with Gasteiger partial charge >= 0.3 is 6.18 Å². The number of alkyl halides is 3. The van der Waals surface area contributed by atoms with Crippen LogP contribution in [0.3, 0.4) is 0 Å². The van der Waals surface area contributed by atoms with Crippen molar-refractivity contribution >= 4 is 11.7 Å². The molecule has 2 heterocycles. The first-order valence-electron chi connectivity index (χ1n) is 13.5. The Hall–Kier alpha value is -4.72. The van der Waals surface area contributed by atoms with Crippen molar-refractivity contribution in [2.75, 3.05) is 0 Å². The normalized spacial score (nSPS) is 15.5. The Balaban J connectivity index is 1.52. The van der Waals surface area contributed by atoms with E-state index >= 15 is 0 Å². The highest BCUT2D eigenvalue weighted by Crippen LogP contribution is 2.36. The average Bonchev–Trinajstić information content (AvgIpc) is 3.30. The van der Waals surface area contributed by atoms with Crippen LogP contribution in [0.25, 0.3) is 11.1 Å². The van der Waals surface area contributed by atoms with E-state index in [1.165, 1.54) is 18.3 Å². The molecule has 0 fully saturated rings. The van der Waals surface area contributed by atoms with E-state index in [9.17, 15) is 36.2 Å². The Kier molecular flexibility index (Phi) is 8.46. The molecule has 230 valence electrons. The highest BCUT2D eigenvalue weighted by Gasteiger charge is 2.41. The average molecular weight is 617 g/mol. The van der Waals surface area contributed by atoms with Gasteiger partial charge in [0.15, 0.2) is 5.69 Å². The summed E-state index contributed by atoms with van der Waals surface area (Å²) in [5, 5.41) is 24.0. The summed E-state index contributed by atoms with van der Waals surface area (Å²) in [7, 11) is 0. The van der Waals surface area contributed by atoms with Crippen LogP contribution in [0, 0.1) is 22.9 Å². The summed E-state index contributed by atoms with van der Waals surface area (Å²) in [5.41, 5.74) is 5.29. The van der Waals surface area contributed by atoms with Gasteiger partial charge in [0.1, 0.15) is 29.8 Å². The molecular weight excluding hydrogens is 590 g/mol. The third kappa shape index (κ3) is 6.59. The van der Waals surface area contributed by atoms with Gasteiger partial charge < -0.3 is 16.2 Å². The van der Waals surface area contributed by atoms with E-state index in [1.54, 1.807) is 12.1 Å². The number of aromatic nitrogens is 3. The number of hydrogen-bond donors (Lipinski definition) is 4. The molecule has 4 aromatic rings. The van der Waals surface area contributed by atoms with Crippen molar-refractivity contribution in [1.82, 2.24) is 20.1 Å². The minimum atomic E-state index is -4.80. The largest absolute Gasteiger partial charge is 0.435 e. The lowest BCUT2D eigenvalue weighted by Gasteiger charge is -2.23. The molecule has 0 saturated heterocycles. The van der Waals surface area contributed by atoms with Crippen LogP contribution in [-0.2, 0) is 36.8 Å². The molecule has 1 unspecified atom stereocenters. The zero-order chi connectivity index (χ0) is 31.8. The molecule has 2 atom stereocenters. The molecule has 1 amide bonds. The van der Waals surface area contributed by atoms with Gasteiger partial charge in [-0.1, -0.05) is 12.1 Å². The molecule has 14 heteroatoms. The number of nitrogens with zero attached hydrogens (tertiary/aromatic N) is 3. The lowest BCUT2D eigenvalue weighted by atomic mass is 9.93. The summed E-state index contributed by atoms with van der Waals surface area (Å²) in [6, 6.07) is 8.77. The molecule has 5 N–H and O–H groups in total. The number of halogens is 6. The zero-order valence-corrected chi connectivity index (χ0v) is 22.9. The molecule has 2 aromatic heterocycles. The van der Waals surface area contributed by atoms with Gasteiger partial charge in [0.05, 0.1) is 23.4 Å². The number of hydrogen-bond acceptors (Lipinski definition) is 5. The van der Waals surface area contributed by atoms with Crippen molar-refractivity contribution in [3.63, 3.8) is 0 Å². The number of amides is 1. The molecule has 0 radical (unpaired) electrons.